The number of carboxylic acid groups (broad SMARTS) is 1. The Labute approximate surface area is 153 Å². The monoisotopic (exact) mass is 359 g/mol. The minimum absolute atomic E-state index is 0.000845. The maximum absolute atomic E-state index is 10.8. The average molecular weight is 359 g/mol. The lowest BCUT2D eigenvalue weighted by Crippen LogP contribution is -2.43. The molecule has 0 spiro atoms. The number of aliphatic hydroxyl groups is 1. The van der Waals surface area contributed by atoms with E-state index < -0.39 is 5.97 Å². The quantitative estimate of drug-likeness (QED) is 0.790. The Hall–Kier alpha value is -2.31. The van der Waals surface area contributed by atoms with Gasteiger partial charge in [-0.15, -0.1) is 0 Å². The van der Waals surface area contributed by atoms with Gasteiger partial charge in [-0.3, -0.25) is 4.90 Å². The number of nitrogens with zero attached hydrogens (tertiary/aromatic N) is 1. The summed E-state index contributed by atoms with van der Waals surface area (Å²) in [5.74, 6) is 0.00918. The van der Waals surface area contributed by atoms with Gasteiger partial charge in [0, 0.05) is 25.1 Å². The Morgan fingerprint density at radius 3 is 2.69 bits per heavy atom. The van der Waals surface area contributed by atoms with Crippen LogP contribution in [0.25, 0.3) is 0 Å². The van der Waals surface area contributed by atoms with Crippen molar-refractivity contribution in [3.63, 3.8) is 0 Å². The molecule has 0 bridgehead atoms. The Balaban J connectivity index is 1.52. The highest BCUT2D eigenvalue weighted by atomic mass is 16.5. The molecule has 1 fully saturated rings. The predicted octanol–water partition coefficient (Wildman–Crippen LogP) is 3.15. The molecule has 1 aromatic carbocycles. The Kier molecular flexibility index (Phi) is 5.64. The summed E-state index contributed by atoms with van der Waals surface area (Å²) in [4.78, 5) is 13.2. The molecule has 2 heterocycles. The third-order valence-electron chi connectivity index (χ3n) is 4.82. The second-order valence-electron chi connectivity index (χ2n) is 7.29. The number of hydrogen-bond acceptors (Lipinski definition) is 5. The van der Waals surface area contributed by atoms with Crippen LogP contribution >= 0.6 is 0 Å². The molecule has 1 saturated heterocycles. The predicted molar refractivity (Wildman–Crippen MR) is 96.1 cm³/mol. The van der Waals surface area contributed by atoms with E-state index in [1.807, 2.05) is 24.3 Å². The second kappa shape index (κ2) is 7.93. The number of aromatic carboxylic acids is 1. The molecule has 140 valence electrons. The molecule has 6 heteroatoms. The van der Waals surface area contributed by atoms with Crippen molar-refractivity contribution in [2.45, 2.75) is 32.9 Å². The Morgan fingerprint density at radius 2 is 2.04 bits per heavy atom. The first kappa shape index (κ1) is 18.5. The van der Waals surface area contributed by atoms with E-state index in [4.69, 9.17) is 14.3 Å². The van der Waals surface area contributed by atoms with Crippen LogP contribution < -0.4 is 4.74 Å². The number of furan rings is 1. The number of hydrogen-bond donors (Lipinski definition) is 2. The van der Waals surface area contributed by atoms with E-state index in [0.717, 1.165) is 32.5 Å². The van der Waals surface area contributed by atoms with E-state index in [-0.39, 0.29) is 24.4 Å². The number of carbonyl (C=O) groups is 1. The second-order valence-corrected chi connectivity index (χ2v) is 7.29. The maximum atomic E-state index is 10.8. The number of piperidine rings is 1. The van der Waals surface area contributed by atoms with Gasteiger partial charge in [-0.2, -0.15) is 0 Å². The molecular weight excluding hydrogens is 334 g/mol. The summed E-state index contributed by atoms with van der Waals surface area (Å²) in [6, 6.07) is 10.9. The molecule has 0 amide bonds. The highest BCUT2D eigenvalue weighted by Gasteiger charge is 2.30. The molecule has 2 aromatic rings. The van der Waals surface area contributed by atoms with Crippen LogP contribution in [0.3, 0.4) is 0 Å². The zero-order valence-electron chi connectivity index (χ0n) is 15.0. The van der Waals surface area contributed by atoms with Crippen molar-refractivity contribution in [2.75, 3.05) is 19.7 Å². The van der Waals surface area contributed by atoms with Crippen LogP contribution in [0.2, 0.25) is 0 Å². The molecule has 1 aliphatic rings. The van der Waals surface area contributed by atoms with Crippen LogP contribution in [0.4, 0.5) is 0 Å². The Morgan fingerprint density at radius 1 is 1.27 bits per heavy atom. The SMILES string of the molecule is CC1(CO)CCCN(Cc2ccc(OCc3ccc(C(=O)O)o3)cc2)C1. The zero-order chi connectivity index (χ0) is 18.6. The van der Waals surface area contributed by atoms with Crippen LogP contribution in [0, 0.1) is 5.41 Å². The minimum atomic E-state index is -1.09. The highest BCUT2D eigenvalue weighted by molar-refractivity contribution is 5.84. The first-order valence-corrected chi connectivity index (χ1v) is 8.84. The molecule has 2 N–H and O–H groups in total. The molecule has 1 unspecified atom stereocenters. The summed E-state index contributed by atoms with van der Waals surface area (Å²) < 4.78 is 10.8. The van der Waals surface area contributed by atoms with Crippen LogP contribution in [0.5, 0.6) is 5.75 Å². The lowest BCUT2D eigenvalue weighted by molar-refractivity contribution is 0.0429. The summed E-state index contributed by atoms with van der Waals surface area (Å²) in [7, 11) is 0. The van der Waals surface area contributed by atoms with Crippen LogP contribution in [0.1, 0.15) is 41.6 Å². The molecule has 1 aliphatic heterocycles. The normalized spacial score (nSPS) is 20.8. The summed E-state index contributed by atoms with van der Waals surface area (Å²) in [5.41, 5.74) is 1.20. The number of rotatable bonds is 7. The topological polar surface area (TPSA) is 83.1 Å². The van der Waals surface area contributed by atoms with Crippen molar-refractivity contribution >= 4 is 5.97 Å². The fourth-order valence-electron chi connectivity index (χ4n) is 3.37. The molecule has 1 aromatic heterocycles. The van der Waals surface area contributed by atoms with E-state index in [1.54, 1.807) is 6.07 Å². The third kappa shape index (κ3) is 4.65. The van der Waals surface area contributed by atoms with E-state index in [9.17, 15) is 9.90 Å². The molecular formula is C20H25NO5. The van der Waals surface area contributed by atoms with Crippen molar-refractivity contribution in [1.82, 2.24) is 4.90 Å². The van der Waals surface area contributed by atoms with Crippen molar-refractivity contribution in [2.24, 2.45) is 5.41 Å². The lowest BCUT2D eigenvalue weighted by Gasteiger charge is -2.39. The largest absolute Gasteiger partial charge is 0.486 e. The van der Waals surface area contributed by atoms with Gasteiger partial charge in [0.15, 0.2) is 0 Å². The van der Waals surface area contributed by atoms with E-state index in [0.29, 0.717) is 11.5 Å². The first-order chi connectivity index (χ1) is 12.5. The van der Waals surface area contributed by atoms with E-state index in [2.05, 4.69) is 11.8 Å². The molecule has 3 rings (SSSR count). The van der Waals surface area contributed by atoms with E-state index in [1.165, 1.54) is 11.6 Å². The number of carboxylic acids is 1. The molecule has 0 saturated carbocycles. The van der Waals surface area contributed by atoms with Crippen molar-refractivity contribution in [1.29, 1.82) is 0 Å². The van der Waals surface area contributed by atoms with Crippen molar-refractivity contribution < 1.29 is 24.2 Å². The van der Waals surface area contributed by atoms with E-state index >= 15 is 0 Å². The van der Waals surface area contributed by atoms with Crippen molar-refractivity contribution in [3.05, 3.63) is 53.5 Å². The maximum Gasteiger partial charge on any atom is 0.371 e. The number of ether oxygens (including phenoxy) is 1. The summed E-state index contributed by atoms with van der Waals surface area (Å²) in [6.07, 6.45) is 2.18. The highest BCUT2D eigenvalue weighted by Crippen LogP contribution is 2.29. The molecule has 26 heavy (non-hydrogen) atoms. The van der Waals surface area contributed by atoms with Gasteiger partial charge in [0.1, 0.15) is 18.1 Å². The first-order valence-electron chi connectivity index (χ1n) is 8.84. The number of likely N-dealkylation sites (tertiary alicyclic amines) is 1. The van der Waals surface area contributed by atoms with Crippen LogP contribution in [-0.2, 0) is 13.2 Å². The van der Waals surface area contributed by atoms with Gasteiger partial charge in [-0.1, -0.05) is 19.1 Å². The smallest absolute Gasteiger partial charge is 0.371 e. The van der Waals surface area contributed by atoms with Crippen LogP contribution in [-0.4, -0.2) is 40.8 Å². The van der Waals surface area contributed by atoms with Gasteiger partial charge in [-0.25, -0.2) is 4.79 Å². The summed E-state index contributed by atoms with van der Waals surface area (Å²) in [5, 5.41) is 18.4. The fraction of sp³-hybridized carbons (Fsp3) is 0.450. The van der Waals surface area contributed by atoms with Gasteiger partial charge in [-0.05, 0) is 49.2 Å². The van der Waals surface area contributed by atoms with Crippen LogP contribution in [0.15, 0.2) is 40.8 Å². The zero-order valence-corrected chi connectivity index (χ0v) is 15.0. The van der Waals surface area contributed by atoms with Crippen molar-refractivity contribution in [3.8, 4) is 5.75 Å². The Bertz CT molecular complexity index is 739. The lowest BCUT2D eigenvalue weighted by atomic mass is 9.82. The average Bonchev–Trinajstić information content (AvgIpc) is 3.11. The molecule has 1 atom stereocenters. The summed E-state index contributed by atoms with van der Waals surface area (Å²) >= 11 is 0. The minimum Gasteiger partial charge on any atom is -0.486 e. The van der Waals surface area contributed by atoms with Gasteiger partial charge in [0.05, 0.1) is 0 Å². The summed E-state index contributed by atoms with van der Waals surface area (Å²) in [6.45, 7) is 5.38. The van der Waals surface area contributed by atoms with Gasteiger partial charge in [0.25, 0.3) is 0 Å². The standard InChI is InChI=1S/C20H25NO5/c1-20(14-22)9-2-10-21(13-20)11-15-3-5-16(6-4-15)25-12-17-7-8-18(26-17)19(23)24/h3-8,22H,2,9-14H2,1H3,(H,23,24). The molecule has 0 aliphatic carbocycles. The third-order valence-corrected chi connectivity index (χ3v) is 4.82. The van der Waals surface area contributed by atoms with Gasteiger partial charge < -0.3 is 19.4 Å². The number of aliphatic hydroxyl groups excluding tert-OH is 1. The molecule has 0 radical (unpaired) electrons. The fourth-order valence-corrected chi connectivity index (χ4v) is 3.37. The number of benzene rings is 1. The van der Waals surface area contributed by atoms with Gasteiger partial charge in [0.2, 0.25) is 5.76 Å². The van der Waals surface area contributed by atoms with Gasteiger partial charge >= 0.3 is 5.97 Å². The molecule has 6 nitrogen and oxygen atoms in total.